The smallest absolute Gasteiger partial charge is 0.236 e. The maximum absolute atomic E-state index is 13.7. The molecule has 23 heavy (non-hydrogen) atoms. The van der Waals surface area contributed by atoms with Gasteiger partial charge < -0.3 is 4.90 Å². The molecule has 3 nitrogen and oxygen atoms in total. The Hall–Kier alpha value is -2.20. The zero-order valence-corrected chi connectivity index (χ0v) is 13.9. The number of likely N-dealkylation sites (N-methyl/N-ethyl adjacent to an activating group) is 2. The number of carbonyl (C=O) groups is 1. The van der Waals surface area contributed by atoms with Gasteiger partial charge in [0.15, 0.2) is 0 Å². The van der Waals surface area contributed by atoms with E-state index in [0.29, 0.717) is 18.7 Å². The number of aryl methyl sites for hydroxylation is 1. The summed E-state index contributed by atoms with van der Waals surface area (Å²) in [5.41, 5.74) is 2.91. The Morgan fingerprint density at radius 1 is 0.957 bits per heavy atom. The van der Waals surface area contributed by atoms with Crippen molar-refractivity contribution in [2.24, 2.45) is 0 Å². The summed E-state index contributed by atoms with van der Waals surface area (Å²) in [7, 11) is 3.62. The first-order valence-electron chi connectivity index (χ1n) is 7.68. The Bertz CT molecular complexity index is 672. The van der Waals surface area contributed by atoms with Crippen LogP contribution in [0.5, 0.6) is 0 Å². The van der Waals surface area contributed by atoms with Gasteiger partial charge in [-0.05, 0) is 31.2 Å². The lowest BCUT2D eigenvalue weighted by molar-refractivity contribution is -0.131. The van der Waals surface area contributed by atoms with E-state index in [1.165, 1.54) is 11.6 Å². The molecule has 0 atom stereocenters. The highest BCUT2D eigenvalue weighted by molar-refractivity contribution is 5.78. The van der Waals surface area contributed by atoms with Crippen molar-refractivity contribution < 1.29 is 9.18 Å². The second-order valence-electron chi connectivity index (χ2n) is 5.94. The topological polar surface area (TPSA) is 23.6 Å². The second-order valence-corrected chi connectivity index (χ2v) is 5.94. The minimum Gasteiger partial charge on any atom is -0.340 e. The highest BCUT2D eigenvalue weighted by Crippen LogP contribution is 2.11. The van der Waals surface area contributed by atoms with Crippen molar-refractivity contribution in [1.29, 1.82) is 0 Å². The van der Waals surface area contributed by atoms with Crippen molar-refractivity contribution in [3.8, 4) is 0 Å². The van der Waals surface area contributed by atoms with Crippen molar-refractivity contribution in [1.82, 2.24) is 9.80 Å². The molecule has 0 saturated heterocycles. The van der Waals surface area contributed by atoms with Gasteiger partial charge in [0.2, 0.25) is 5.91 Å². The number of carbonyl (C=O) groups excluding carboxylic acids is 1. The molecule has 0 aliphatic heterocycles. The summed E-state index contributed by atoms with van der Waals surface area (Å²) in [4.78, 5) is 15.9. The molecule has 0 saturated carbocycles. The monoisotopic (exact) mass is 314 g/mol. The van der Waals surface area contributed by atoms with E-state index in [0.717, 1.165) is 5.56 Å². The van der Waals surface area contributed by atoms with Crippen molar-refractivity contribution in [3.05, 3.63) is 71.0 Å². The third-order valence-corrected chi connectivity index (χ3v) is 3.90. The van der Waals surface area contributed by atoms with Crippen LogP contribution in [0.3, 0.4) is 0 Å². The average Bonchev–Trinajstić information content (AvgIpc) is 2.51. The first-order valence-corrected chi connectivity index (χ1v) is 7.68. The third-order valence-electron chi connectivity index (χ3n) is 3.90. The molecular formula is C19H23FN2O. The van der Waals surface area contributed by atoms with Crippen molar-refractivity contribution in [3.63, 3.8) is 0 Å². The van der Waals surface area contributed by atoms with Gasteiger partial charge in [0, 0.05) is 25.7 Å². The highest BCUT2D eigenvalue weighted by Gasteiger charge is 2.14. The van der Waals surface area contributed by atoms with Gasteiger partial charge in [0.25, 0.3) is 0 Å². The van der Waals surface area contributed by atoms with Crippen LogP contribution in [0.25, 0.3) is 0 Å². The minimum absolute atomic E-state index is 0.0205. The number of rotatable bonds is 6. The standard InChI is InChI=1S/C19H23FN2O/c1-15-8-4-5-9-16(15)13-22(3)19(23)14-21(2)12-17-10-6-7-11-18(17)20/h4-11H,12-14H2,1-3H3. The van der Waals surface area contributed by atoms with Gasteiger partial charge in [-0.15, -0.1) is 0 Å². The van der Waals surface area contributed by atoms with Gasteiger partial charge in [-0.2, -0.15) is 0 Å². The number of benzene rings is 2. The van der Waals surface area contributed by atoms with E-state index in [1.54, 1.807) is 30.1 Å². The molecule has 0 N–H and O–H groups in total. The van der Waals surface area contributed by atoms with Gasteiger partial charge in [-0.1, -0.05) is 42.5 Å². The predicted molar refractivity (Wildman–Crippen MR) is 90.4 cm³/mol. The van der Waals surface area contributed by atoms with Gasteiger partial charge in [-0.3, -0.25) is 9.69 Å². The lowest BCUT2D eigenvalue weighted by atomic mass is 10.1. The Balaban J connectivity index is 1.90. The predicted octanol–water partition coefficient (Wildman–Crippen LogP) is 3.22. The van der Waals surface area contributed by atoms with E-state index in [2.05, 4.69) is 0 Å². The van der Waals surface area contributed by atoms with Gasteiger partial charge >= 0.3 is 0 Å². The molecule has 122 valence electrons. The fourth-order valence-corrected chi connectivity index (χ4v) is 2.46. The molecule has 0 aliphatic rings. The van der Waals surface area contributed by atoms with E-state index >= 15 is 0 Å². The van der Waals surface area contributed by atoms with Crippen LogP contribution >= 0.6 is 0 Å². The highest BCUT2D eigenvalue weighted by atomic mass is 19.1. The summed E-state index contributed by atoms with van der Waals surface area (Å²) in [6.45, 7) is 3.30. The first-order chi connectivity index (χ1) is 11.0. The minimum atomic E-state index is -0.236. The van der Waals surface area contributed by atoms with E-state index in [1.807, 2.05) is 43.1 Å². The van der Waals surface area contributed by atoms with Crippen LogP contribution in [0.2, 0.25) is 0 Å². The van der Waals surface area contributed by atoms with E-state index in [4.69, 9.17) is 0 Å². The maximum Gasteiger partial charge on any atom is 0.236 e. The molecular weight excluding hydrogens is 291 g/mol. The Labute approximate surface area is 137 Å². The molecule has 0 bridgehead atoms. The van der Waals surface area contributed by atoms with Crippen LogP contribution in [-0.4, -0.2) is 36.3 Å². The summed E-state index contributed by atoms with van der Waals surface area (Å²) < 4.78 is 13.7. The average molecular weight is 314 g/mol. The van der Waals surface area contributed by atoms with E-state index in [9.17, 15) is 9.18 Å². The molecule has 0 aliphatic carbocycles. The van der Waals surface area contributed by atoms with Crippen LogP contribution < -0.4 is 0 Å². The van der Waals surface area contributed by atoms with Crippen molar-refractivity contribution in [2.45, 2.75) is 20.0 Å². The van der Waals surface area contributed by atoms with Crippen LogP contribution in [0.15, 0.2) is 48.5 Å². The molecule has 1 amide bonds. The summed E-state index contributed by atoms with van der Waals surface area (Å²) >= 11 is 0. The summed E-state index contributed by atoms with van der Waals surface area (Å²) in [6.07, 6.45) is 0. The largest absolute Gasteiger partial charge is 0.340 e. The Morgan fingerprint density at radius 3 is 2.22 bits per heavy atom. The van der Waals surface area contributed by atoms with Gasteiger partial charge in [0.1, 0.15) is 5.82 Å². The SMILES string of the molecule is Cc1ccccc1CN(C)C(=O)CN(C)Cc1ccccc1F. The fraction of sp³-hybridized carbons (Fsp3) is 0.316. The molecule has 2 rings (SSSR count). The Morgan fingerprint density at radius 2 is 1.57 bits per heavy atom. The van der Waals surface area contributed by atoms with Crippen LogP contribution in [-0.2, 0) is 17.9 Å². The van der Waals surface area contributed by atoms with Crippen molar-refractivity contribution >= 4 is 5.91 Å². The quantitative estimate of drug-likeness (QED) is 0.817. The van der Waals surface area contributed by atoms with Gasteiger partial charge in [0.05, 0.1) is 6.54 Å². The van der Waals surface area contributed by atoms with Crippen LogP contribution in [0, 0.1) is 12.7 Å². The summed E-state index contributed by atoms with van der Waals surface area (Å²) in [5, 5.41) is 0. The summed E-state index contributed by atoms with van der Waals surface area (Å²) in [6, 6.07) is 14.7. The fourth-order valence-electron chi connectivity index (χ4n) is 2.46. The number of halogens is 1. The molecule has 0 fully saturated rings. The molecule has 0 unspecified atom stereocenters. The number of nitrogens with zero attached hydrogens (tertiary/aromatic N) is 2. The van der Waals surface area contributed by atoms with Crippen molar-refractivity contribution in [2.75, 3.05) is 20.6 Å². The lowest BCUT2D eigenvalue weighted by Crippen LogP contribution is -2.36. The zero-order valence-electron chi connectivity index (χ0n) is 13.9. The zero-order chi connectivity index (χ0) is 16.8. The number of hydrogen-bond acceptors (Lipinski definition) is 2. The van der Waals surface area contributed by atoms with Gasteiger partial charge in [-0.25, -0.2) is 4.39 Å². The maximum atomic E-state index is 13.7. The Kier molecular flexibility index (Phi) is 5.88. The van der Waals surface area contributed by atoms with E-state index < -0.39 is 0 Å². The molecule has 0 spiro atoms. The normalized spacial score (nSPS) is 10.8. The molecule has 0 aromatic heterocycles. The molecule has 0 radical (unpaired) electrons. The van der Waals surface area contributed by atoms with Crippen LogP contribution in [0.1, 0.15) is 16.7 Å². The third kappa shape index (κ3) is 4.89. The molecule has 0 heterocycles. The molecule has 2 aromatic carbocycles. The van der Waals surface area contributed by atoms with Crippen LogP contribution in [0.4, 0.5) is 4.39 Å². The first kappa shape index (κ1) is 17.2. The summed E-state index contributed by atoms with van der Waals surface area (Å²) in [5.74, 6) is -0.216. The molecule has 4 heteroatoms. The lowest BCUT2D eigenvalue weighted by Gasteiger charge is -2.22. The molecule has 2 aromatic rings. The van der Waals surface area contributed by atoms with E-state index in [-0.39, 0.29) is 18.3 Å². The number of hydrogen-bond donors (Lipinski definition) is 0. The number of amides is 1. The second kappa shape index (κ2) is 7.88.